The number of tetrazole rings is 1. The zero-order valence-electron chi connectivity index (χ0n) is 12.3. The Morgan fingerprint density at radius 3 is 2.65 bits per heavy atom. The summed E-state index contributed by atoms with van der Waals surface area (Å²) in [5.74, 6) is 0.714. The maximum atomic E-state index is 12.2. The molecule has 0 unspecified atom stereocenters. The van der Waals surface area contributed by atoms with Gasteiger partial charge in [0.2, 0.25) is 0 Å². The van der Waals surface area contributed by atoms with Crippen LogP contribution in [0.25, 0.3) is 5.69 Å². The number of aliphatic hydroxyl groups is 1. The molecule has 1 aromatic carbocycles. The van der Waals surface area contributed by atoms with Gasteiger partial charge < -0.3 is 9.84 Å². The van der Waals surface area contributed by atoms with Crippen molar-refractivity contribution in [1.82, 2.24) is 25.1 Å². The van der Waals surface area contributed by atoms with E-state index in [1.54, 1.807) is 16.8 Å². The van der Waals surface area contributed by atoms with Crippen LogP contribution in [-0.4, -0.2) is 56.0 Å². The minimum atomic E-state index is -2.85. The molecule has 2 aromatic rings. The Labute approximate surface area is 131 Å². The molecule has 0 atom stereocenters. The van der Waals surface area contributed by atoms with Crippen molar-refractivity contribution in [1.29, 1.82) is 0 Å². The summed E-state index contributed by atoms with van der Waals surface area (Å²) in [6, 6.07) is 6.59. The maximum Gasteiger partial charge on any atom is 0.387 e. The molecule has 0 amide bonds. The van der Waals surface area contributed by atoms with E-state index >= 15 is 0 Å². The van der Waals surface area contributed by atoms with Crippen molar-refractivity contribution in [2.24, 2.45) is 0 Å². The lowest BCUT2D eigenvalue weighted by Crippen LogP contribution is -2.30. The van der Waals surface area contributed by atoms with Gasteiger partial charge >= 0.3 is 6.61 Å². The number of hydrogen-bond donors (Lipinski definition) is 1. The summed E-state index contributed by atoms with van der Waals surface area (Å²) in [7, 11) is 0. The molecule has 124 valence electrons. The summed E-state index contributed by atoms with van der Waals surface area (Å²) in [5.41, 5.74) is 0.659. The second kappa shape index (κ2) is 6.97. The fourth-order valence-corrected chi connectivity index (χ4v) is 2.41. The quantitative estimate of drug-likeness (QED) is 0.786. The largest absolute Gasteiger partial charge is 0.435 e. The summed E-state index contributed by atoms with van der Waals surface area (Å²) in [6.45, 7) is -1.68. The highest BCUT2D eigenvalue weighted by Crippen LogP contribution is 2.28. The summed E-state index contributed by atoms with van der Waals surface area (Å²) in [6.07, 6.45) is 2.22. The van der Waals surface area contributed by atoms with Crippen LogP contribution in [0.3, 0.4) is 0 Å². The third-order valence-corrected chi connectivity index (χ3v) is 3.64. The van der Waals surface area contributed by atoms with E-state index in [4.69, 9.17) is 5.11 Å². The minimum absolute atomic E-state index is 0.0811. The Morgan fingerprint density at radius 1 is 1.30 bits per heavy atom. The van der Waals surface area contributed by atoms with Gasteiger partial charge in [-0.1, -0.05) is 0 Å². The number of nitrogens with zero attached hydrogens (tertiary/aromatic N) is 5. The van der Waals surface area contributed by atoms with E-state index in [1.165, 1.54) is 12.1 Å². The average Bonchev–Trinajstić information content (AvgIpc) is 3.27. The van der Waals surface area contributed by atoms with E-state index in [0.29, 0.717) is 30.6 Å². The zero-order valence-corrected chi connectivity index (χ0v) is 12.3. The van der Waals surface area contributed by atoms with Crippen molar-refractivity contribution < 1.29 is 18.6 Å². The van der Waals surface area contributed by atoms with Crippen LogP contribution in [0.5, 0.6) is 5.75 Å². The molecule has 0 bridgehead atoms. The van der Waals surface area contributed by atoms with Gasteiger partial charge in [-0.2, -0.15) is 13.5 Å². The lowest BCUT2D eigenvalue weighted by Gasteiger charge is -2.19. The fraction of sp³-hybridized carbons (Fsp3) is 0.500. The number of aromatic nitrogens is 4. The topological polar surface area (TPSA) is 76.3 Å². The molecule has 0 radical (unpaired) electrons. The Hall–Kier alpha value is -2.13. The monoisotopic (exact) mass is 325 g/mol. The van der Waals surface area contributed by atoms with E-state index < -0.39 is 6.61 Å². The van der Waals surface area contributed by atoms with E-state index in [1.807, 2.05) is 0 Å². The van der Waals surface area contributed by atoms with Crippen molar-refractivity contribution in [2.45, 2.75) is 32.0 Å². The molecule has 9 heteroatoms. The Kier molecular flexibility index (Phi) is 4.77. The predicted octanol–water partition coefficient (Wildman–Crippen LogP) is 1.22. The summed E-state index contributed by atoms with van der Waals surface area (Å²) >= 11 is 0. The average molecular weight is 325 g/mol. The predicted molar refractivity (Wildman–Crippen MR) is 76.3 cm³/mol. The van der Waals surface area contributed by atoms with Crippen LogP contribution < -0.4 is 4.74 Å². The first-order chi connectivity index (χ1) is 11.2. The SMILES string of the molecule is OCCN(Cc1nnnn1-c1ccc(OC(F)F)cc1)C1CC1. The van der Waals surface area contributed by atoms with E-state index in [2.05, 4.69) is 25.2 Å². The lowest BCUT2D eigenvalue weighted by atomic mass is 10.3. The number of aliphatic hydroxyl groups excluding tert-OH is 1. The molecule has 1 fully saturated rings. The molecule has 0 spiro atoms. The van der Waals surface area contributed by atoms with Crippen molar-refractivity contribution in [3.8, 4) is 11.4 Å². The third kappa shape index (κ3) is 3.99. The van der Waals surface area contributed by atoms with Crippen molar-refractivity contribution in [3.63, 3.8) is 0 Å². The van der Waals surface area contributed by atoms with Crippen LogP contribution in [0.2, 0.25) is 0 Å². The zero-order chi connectivity index (χ0) is 16.2. The second-order valence-electron chi connectivity index (χ2n) is 5.30. The molecule has 1 heterocycles. The van der Waals surface area contributed by atoms with Crippen LogP contribution in [0, 0.1) is 0 Å². The normalized spacial score (nSPS) is 14.7. The second-order valence-corrected chi connectivity index (χ2v) is 5.30. The molecule has 1 aliphatic rings. The van der Waals surface area contributed by atoms with Crippen molar-refractivity contribution in [3.05, 3.63) is 30.1 Å². The van der Waals surface area contributed by atoms with E-state index in [0.717, 1.165) is 12.8 Å². The number of hydrogen-bond acceptors (Lipinski definition) is 6. The highest BCUT2D eigenvalue weighted by Gasteiger charge is 2.29. The van der Waals surface area contributed by atoms with Gasteiger partial charge in [0, 0.05) is 12.6 Å². The van der Waals surface area contributed by atoms with E-state index in [-0.39, 0.29) is 12.4 Å². The van der Waals surface area contributed by atoms with Crippen LogP contribution in [0.15, 0.2) is 24.3 Å². The van der Waals surface area contributed by atoms with Gasteiger partial charge in [-0.25, -0.2) is 0 Å². The molecule has 1 saturated carbocycles. The Bertz CT molecular complexity index is 630. The number of halogens is 2. The lowest BCUT2D eigenvalue weighted by molar-refractivity contribution is -0.0498. The highest BCUT2D eigenvalue weighted by atomic mass is 19.3. The number of ether oxygens (including phenoxy) is 1. The van der Waals surface area contributed by atoms with Gasteiger partial charge in [0.05, 0.1) is 18.8 Å². The first-order valence-corrected chi connectivity index (χ1v) is 7.35. The van der Waals surface area contributed by atoms with E-state index in [9.17, 15) is 8.78 Å². The van der Waals surface area contributed by atoms with Gasteiger partial charge in [-0.3, -0.25) is 4.90 Å². The molecule has 7 nitrogen and oxygen atoms in total. The summed E-state index contributed by atoms with van der Waals surface area (Å²) in [5, 5.41) is 20.8. The van der Waals surface area contributed by atoms with Crippen LogP contribution in [0.1, 0.15) is 18.7 Å². The molecule has 1 aromatic heterocycles. The maximum absolute atomic E-state index is 12.2. The molecule has 23 heavy (non-hydrogen) atoms. The molecule has 0 aliphatic heterocycles. The summed E-state index contributed by atoms with van der Waals surface area (Å²) in [4.78, 5) is 2.14. The molecule has 3 rings (SSSR count). The van der Waals surface area contributed by atoms with Gasteiger partial charge in [-0.05, 0) is 47.5 Å². The molecule has 0 saturated heterocycles. The molecular weight excluding hydrogens is 308 g/mol. The Balaban J connectivity index is 1.74. The molecular formula is C14H17F2N5O2. The highest BCUT2D eigenvalue weighted by molar-refractivity contribution is 5.37. The van der Waals surface area contributed by atoms with Gasteiger partial charge in [0.25, 0.3) is 0 Å². The molecule has 1 N–H and O–H groups in total. The van der Waals surface area contributed by atoms with Gasteiger partial charge in [-0.15, -0.1) is 5.10 Å². The van der Waals surface area contributed by atoms with Gasteiger partial charge in [0.15, 0.2) is 5.82 Å². The van der Waals surface area contributed by atoms with Gasteiger partial charge in [0.1, 0.15) is 5.75 Å². The smallest absolute Gasteiger partial charge is 0.387 e. The summed E-state index contributed by atoms with van der Waals surface area (Å²) < 4.78 is 30.2. The fourth-order valence-electron chi connectivity index (χ4n) is 2.41. The van der Waals surface area contributed by atoms with Crippen molar-refractivity contribution >= 4 is 0 Å². The van der Waals surface area contributed by atoms with Crippen molar-refractivity contribution in [2.75, 3.05) is 13.2 Å². The molecule has 1 aliphatic carbocycles. The van der Waals surface area contributed by atoms with Crippen LogP contribution in [0.4, 0.5) is 8.78 Å². The number of benzene rings is 1. The standard InChI is InChI=1S/C14H17F2N5O2/c15-14(16)23-12-5-3-11(4-6-12)21-13(17-18-19-21)9-20(7-8-22)10-1-2-10/h3-6,10,14,22H,1-2,7-9H2. The Morgan fingerprint density at radius 2 is 2.04 bits per heavy atom. The first kappa shape index (κ1) is 15.8. The van der Waals surface area contributed by atoms with Crippen LogP contribution in [-0.2, 0) is 6.54 Å². The number of rotatable bonds is 8. The van der Waals surface area contributed by atoms with Crippen LogP contribution >= 0.6 is 0 Å². The minimum Gasteiger partial charge on any atom is -0.435 e. The third-order valence-electron chi connectivity index (χ3n) is 3.64. The number of alkyl halides is 2. The first-order valence-electron chi connectivity index (χ1n) is 7.35.